The molecule has 2 aromatic heterocycles. The number of alkyl halides is 3. The quantitative estimate of drug-likeness (QED) is 0.874. The molecular formula is C10H8F3N3O. The number of rotatable bonds is 2. The van der Waals surface area contributed by atoms with E-state index in [9.17, 15) is 13.2 Å². The number of hydrogen-bond acceptors (Lipinski definition) is 3. The van der Waals surface area contributed by atoms with Gasteiger partial charge in [-0.25, -0.2) is 4.68 Å². The van der Waals surface area contributed by atoms with Crippen molar-refractivity contribution in [1.29, 1.82) is 0 Å². The van der Waals surface area contributed by atoms with Gasteiger partial charge in [-0.3, -0.25) is 4.98 Å². The molecular weight excluding hydrogens is 235 g/mol. The van der Waals surface area contributed by atoms with Crippen LogP contribution in [0.1, 0.15) is 11.3 Å². The molecule has 0 aromatic carbocycles. The lowest BCUT2D eigenvalue weighted by Gasteiger charge is -2.11. The Hall–Kier alpha value is -1.89. The summed E-state index contributed by atoms with van der Waals surface area (Å²) in [6.45, 7) is -0.708. The Bertz CT molecular complexity index is 507. The second-order valence-corrected chi connectivity index (χ2v) is 3.29. The second kappa shape index (κ2) is 4.17. The summed E-state index contributed by atoms with van der Waals surface area (Å²) in [6, 6.07) is 2.81. The van der Waals surface area contributed by atoms with Crippen LogP contribution in [-0.4, -0.2) is 19.9 Å². The van der Waals surface area contributed by atoms with Gasteiger partial charge in [0.05, 0.1) is 18.5 Å². The van der Waals surface area contributed by atoms with E-state index in [0.717, 1.165) is 10.9 Å². The molecule has 2 heterocycles. The van der Waals surface area contributed by atoms with Crippen LogP contribution in [0.15, 0.2) is 30.7 Å². The lowest BCUT2D eigenvalue weighted by molar-refractivity contribution is -0.143. The highest BCUT2D eigenvalue weighted by molar-refractivity contribution is 5.34. The molecule has 90 valence electrons. The molecule has 17 heavy (non-hydrogen) atoms. The third kappa shape index (κ3) is 2.14. The largest absolute Gasteiger partial charge is 0.433 e. The highest BCUT2D eigenvalue weighted by Gasteiger charge is 2.38. The first-order chi connectivity index (χ1) is 8.04. The lowest BCUT2D eigenvalue weighted by Crippen LogP contribution is -2.15. The average Bonchev–Trinajstić information content (AvgIpc) is 2.73. The molecule has 7 heteroatoms. The normalized spacial score (nSPS) is 11.8. The number of aliphatic hydroxyl groups is 1. The van der Waals surface area contributed by atoms with Crippen LogP contribution in [0.3, 0.4) is 0 Å². The van der Waals surface area contributed by atoms with Crippen molar-refractivity contribution in [1.82, 2.24) is 14.8 Å². The Labute approximate surface area is 94.3 Å². The van der Waals surface area contributed by atoms with Crippen molar-refractivity contribution in [2.24, 2.45) is 0 Å². The maximum Gasteiger partial charge on any atom is 0.433 e. The van der Waals surface area contributed by atoms with E-state index in [1.807, 2.05) is 0 Å². The van der Waals surface area contributed by atoms with Crippen LogP contribution in [0.2, 0.25) is 0 Å². The fourth-order valence-corrected chi connectivity index (χ4v) is 1.48. The Morgan fingerprint density at radius 1 is 1.24 bits per heavy atom. The Kier molecular flexibility index (Phi) is 2.84. The van der Waals surface area contributed by atoms with Gasteiger partial charge in [-0.05, 0) is 12.1 Å². The summed E-state index contributed by atoms with van der Waals surface area (Å²) in [5.41, 5.74) is -0.979. The van der Waals surface area contributed by atoms with Gasteiger partial charge in [0.2, 0.25) is 0 Å². The van der Waals surface area contributed by atoms with Crippen molar-refractivity contribution in [3.63, 3.8) is 0 Å². The predicted molar refractivity (Wildman–Crippen MR) is 52.3 cm³/mol. The summed E-state index contributed by atoms with van der Waals surface area (Å²) in [5, 5.41) is 12.5. The van der Waals surface area contributed by atoms with Crippen molar-refractivity contribution in [3.8, 4) is 5.69 Å². The first kappa shape index (κ1) is 11.6. The van der Waals surface area contributed by atoms with Crippen LogP contribution in [0, 0.1) is 0 Å². The van der Waals surface area contributed by atoms with Gasteiger partial charge in [-0.2, -0.15) is 18.3 Å². The van der Waals surface area contributed by atoms with Gasteiger partial charge in [0.1, 0.15) is 0 Å². The molecule has 0 saturated carbocycles. The van der Waals surface area contributed by atoms with E-state index in [1.165, 1.54) is 24.5 Å². The molecule has 0 saturated heterocycles. The number of nitrogens with zero attached hydrogens (tertiary/aromatic N) is 3. The number of aromatic nitrogens is 3. The first-order valence-corrected chi connectivity index (χ1v) is 4.69. The monoisotopic (exact) mass is 243 g/mol. The van der Waals surface area contributed by atoms with Crippen molar-refractivity contribution in [2.75, 3.05) is 0 Å². The van der Waals surface area contributed by atoms with Gasteiger partial charge in [0, 0.05) is 18.0 Å². The van der Waals surface area contributed by atoms with E-state index in [-0.39, 0.29) is 11.3 Å². The van der Waals surface area contributed by atoms with Crippen molar-refractivity contribution in [3.05, 3.63) is 42.0 Å². The molecule has 0 amide bonds. The van der Waals surface area contributed by atoms with Gasteiger partial charge in [0.15, 0.2) is 5.69 Å². The molecule has 0 aliphatic heterocycles. The third-order valence-electron chi connectivity index (χ3n) is 2.19. The van der Waals surface area contributed by atoms with Gasteiger partial charge in [-0.1, -0.05) is 0 Å². The standard InChI is InChI=1S/C10H8F3N3O/c11-10(12,13)9-7(6-17)5-15-16(9)8-1-3-14-4-2-8/h1-5,17H,6H2. The van der Waals surface area contributed by atoms with Crippen LogP contribution in [0.25, 0.3) is 5.69 Å². The van der Waals surface area contributed by atoms with E-state index in [0.29, 0.717) is 0 Å². The summed E-state index contributed by atoms with van der Waals surface area (Å²) in [7, 11) is 0. The number of halogens is 3. The van der Waals surface area contributed by atoms with E-state index < -0.39 is 18.5 Å². The summed E-state index contributed by atoms with van der Waals surface area (Å²) in [6.07, 6.45) is -0.827. The summed E-state index contributed by atoms with van der Waals surface area (Å²) >= 11 is 0. The Morgan fingerprint density at radius 3 is 2.41 bits per heavy atom. The molecule has 0 radical (unpaired) electrons. The molecule has 2 rings (SSSR count). The van der Waals surface area contributed by atoms with E-state index in [4.69, 9.17) is 5.11 Å². The zero-order chi connectivity index (χ0) is 12.5. The second-order valence-electron chi connectivity index (χ2n) is 3.29. The molecule has 0 bridgehead atoms. The maximum atomic E-state index is 12.8. The van der Waals surface area contributed by atoms with Crippen molar-refractivity contribution < 1.29 is 18.3 Å². The van der Waals surface area contributed by atoms with Crippen LogP contribution < -0.4 is 0 Å². The van der Waals surface area contributed by atoms with Gasteiger partial charge in [-0.15, -0.1) is 0 Å². The predicted octanol–water partition coefficient (Wildman–Crippen LogP) is 1.78. The minimum Gasteiger partial charge on any atom is -0.392 e. The maximum absolute atomic E-state index is 12.8. The number of pyridine rings is 1. The highest BCUT2D eigenvalue weighted by Crippen LogP contribution is 2.33. The smallest absolute Gasteiger partial charge is 0.392 e. The number of aliphatic hydroxyl groups excluding tert-OH is 1. The highest BCUT2D eigenvalue weighted by atomic mass is 19.4. The fourth-order valence-electron chi connectivity index (χ4n) is 1.48. The Balaban J connectivity index is 2.60. The van der Waals surface area contributed by atoms with Crippen LogP contribution in [0.5, 0.6) is 0 Å². The molecule has 4 nitrogen and oxygen atoms in total. The van der Waals surface area contributed by atoms with Gasteiger partial charge < -0.3 is 5.11 Å². The molecule has 0 atom stereocenters. The van der Waals surface area contributed by atoms with Crippen LogP contribution in [0.4, 0.5) is 13.2 Å². The summed E-state index contributed by atoms with van der Waals surface area (Å²) in [5.74, 6) is 0. The van der Waals surface area contributed by atoms with Crippen molar-refractivity contribution in [2.45, 2.75) is 12.8 Å². The minimum absolute atomic E-state index is 0.243. The topological polar surface area (TPSA) is 50.9 Å². The molecule has 2 aromatic rings. The Morgan fingerprint density at radius 2 is 1.88 bits per heavy atom. The van der Waals surface area contributed by atoms with Crippen LogP contribution in [-0.2, 0) is 12.8 Å². The molecule has 1 N–H and O–H groups in total. The first-order valence-electron chi connectivity index (χ1n) is 4.69. The van der Waals surface area contributed by atoms with E-state index in [2.05, 4.69) is 10.1 Å². The van der Waals surface area contributed by atoms with E-state index >= 15 is 0 Å². The molecule has 0 aliphatic carbocycles. The SMILES string of the molecule is OCc1cnn(-c2ccncc2)c1C(F)(F)F. The summed E-state index contributed by atoms with van der Waals surface area (Å²) < 4.78 is 39.2. The lowest BCUT2D eigenvalue weighted by atomic mass is 10.2. The van der Waals surface area contributed by atoms with Gasteiger partial charge >= 0.3 is 6.18 Å². The van der Waals surface area contributed by atoms with Crippen LogP contribution >= 0.6 is 0 Å². The molecule has 0 spiro atoms. The zero-order valence-electron chi connectivity index (χ0n) is 8.52. The number of hydrogen-bond donors (Lipinski definition) is 1. The zero-order valence-corrected chi connectivity index (χ0v) is 8.52. The van der Waals surface area contributed by atoms with Gasteiger partial charge in [0.25, 0.3) is 0 Å². The van der Waals surface area contributed by atoms with E-state index in [1.54, 1.807) is 0 Å². The summed E-state index contributed by atoms with van der Waals surface area (Å²) in [4.78, 5) is 3.72. The molecule has 0 fully saturated rings. The fraction of sp³-hybridized carbons (Fsp3) is 0.200. The third-order valence-corrected chi connectivity index (χ3v) is 2.19. The average molecular weight is 243 g/mol. The van der Waals surface area contributed by atoms with Crippen molar-refractivity contribution >= 4 is 0 Å². The minimum atomic E-state index is -4.57. The molecule has 0 aliphatic rings. The molecule has 0 unspecified atom stereocenters.